The molecule has 0 radical (unpaired) electrons. The summed E-state index contributed by atoms with van der Waals surface area (Å²) in [5.41, 5.74) is 2.02. The van der Waals surface area contributed by atoms with Crippen LogP contribution in [0.4, 0.5) is 0 Å². The lowest BCUT2D eigenvalue weighted by Crippen LogP contribution is -1.96. The van der Waals surface area contributed by atoms with Crippen LogP contribution in [0.15, 0.2) is 30.5 Å². The van der Waals surface area contributed by atoms with Crippen LogP contribution in [0.5, 0.6) is 5.75 Å². The van der Waals surface area contributed by atoms with Crippen molar-refractivity contribution in [2.75, 3.05) is 0 Å². The van der Waals surface area contributed by atoms with Crippen molar-refractivity contribution in [1.29, 1.82) is 0 Å². The Kier molecular flexibility index (Phi) is 2.25. The van der Waals surface area contributed by atoms with Crippen molar-refractivity contribution in [1.82, 2.24) is 9.78 Å². The summed E-state index contributed by atoms with van der Waals surface area (Å²) in [4.78, 5) is 10.8. The van der Waals surface area contributed by atoms with Gasteiger partial charge >= 0.3 is 0 Å². The zero-order valence-corrected chi connectivity index (χ0v) is 8.21. The van der Waals surface area contributed by atoms with E-state index < -0.39 is 0 Å². The quantitative estimate of drug-likeness (QED) is 0.752. The fraction of sp³-hybridized carbons (Fsp3) is 0.0909. The second-order valence-corrected chi connectivity index (χ2v) is 3.23. The van der Waals surface area contributed by atoms with Crippen molar-refractivity contribution in [3.63, 3.8) is 0 Å². The number of nitrogens with zero attached hydrogens (tertiary/aromatic N) is 2. The number of carbonyl (C=O) groups excluding carboxylic acids is 1. The van der Waals surface area contributed by atoms with Crippen molar-refractivity contribution >= 4 is 6.29 Å². The van der Waals surface area contributed by atoms with Crippen molar-refractivity contribution in [2.24, 2.45) is 7.05 Å². The van der Waals surface area contributed by atoms with Crippen LogP contribution in [-0.2, 0) is 7.05 Å². The van der Waals surface area contributed by atoms with Gasteiger partial charge in [0.25, 0.3) is 0 Å². The van der Waals surface area contributed by atoms with E-state index in [1.165, 1.54) is 6.07 Å². The predicted molar refractivity (Wildman–Crippen MR) is 55.7 cm³/mol. The van der Waals surface area contributed by atoms with Crippen molar-refractivity contribution in [2.45, 2.75) is 0 Å². The molecule has 4 nitrogen and oxygen atoms in total. The smallest absolute Gasteiger partial charge is 0.150 e. The third kappa shape index (κ3) is 1.61. The monoisotopic (exact) mass is 202 g/mol. The van der Waals surface area contributed by atoms with Crippen LogP contribution in [0.3, 0.4) is 0 Å². The molecule has 0 fully saturated rings. The normalized spacial score (nSPS) is 10.2. The largest absolute Gasteiger partial charge is 0.508 e. The number of hydrogen-bond acceptors (Lipinski definition) is 3. The molecular weight excluding hydrogens is 192 g/mol. The number of aromatic hydroxyl groups is 1. The standard InChI is InChI=1S/C11H10N2O2/c1-13-11(4-5-12-13)10-6-9(15)3-2-8(10)7-14/h2-7,15H,1H3. The molecule has 1 N–H and O–H groups in total. The van der Waals surface area contributed by atoms with Gasteiger partial charge in [-0.2, -0.15) is 5.10 Å². The molecule has 2 aromatic rings. The molecule has 2 rings (SSSR count). The van der Waals surface area contributed by atoms with E-state index in [0.29, 0.717) is 11.1 Å². The summed E-state index contributed by atoms with van der Waals surface area (Å²) in [6.45, 7) is 0. The van der Waals surface area contributed by atoms with Crippen LogP contribution in [-0.4, -0.2) is 21.2 Å². The number of aryl methyl sites for hydroxylation is 1. The first-order chi connectivity index (χ1) is 7.22. The topological polar surface area (TPSA) is 55.1 Å². The molecule has 1 heterocycles. The Hall–Kier alpha value is -2.10. The summed E-state index contributed by atoms with van der Waals surface area (Å²) in [6.07, 6.45) is 2.41. The minimum absolute atomic E-state index is 0.136. The van der Waals surface area contributed by atoms with E-state index in [1.807, 2.05) is 0 Å². The summed E-state index contributed by atoms with van der Waals surface area (Å²) in [5, 5.41) is 13.4. The number of aromatic nitrogens is 2. The van der Waals surface area contributed by atoms with Crippen LogP contribution in [0.1, 0.15) is 10.4 Å². The minimum atomic E-state index is 0.136. The SMILES string of the molecule is Cn1nccc1-c1cc(O)ccc1C=O. The van der Waals surface area contributed by atoms with E-state index in [2.05, 4.69) is 5.10 Å². The highest BCUT2D eigenvalue weighted by Gasteiger charge is 2.08. The molecule has 0 atom stereocenters. The number of aldehydes is 1. The fourth-order valence-corrected chi connectivity index (χ4v) is 1.51. The molecule has 0 spiro atoms. The lowest BCUT2D eigenvalue weighted by Gasteiger charge is -2.05. The van der Waals surface area contributed by atoms with Crippen molar-refractivity contribution in [3.8, 4) is 17.0 Å². The van der Waals surface area contributed by atoms with Crippen LogP contribution in [0.2, 0.25) is 0 Å². The van der Waals surface area contributed by atoms with Crippen molar-refractivity contribution < 1.29 is 9.90 Å². The molecule has 0 unspecified atom stereocenters. The van der Waals surface area contributed by atoms with E-state index in [0.717, 1.165) is 12.0 Å². The predicted octanol–water partition coefficient (Wildman–Crippen LogP) is 1.61. The zero-order chi connectivity index (χ0) is 10.8. The van der Waals surface area contributed by atoms with Gasteiger partial charge in [0, 0.05) is 24.4 Å². The van der Waals surface area contributed by atoms with Crippen LogP contribution in [0, 0.1) is 0 Å². The fourth-order valence-electron chi connectivity index (χ4n) is 1.51. The van der Waals surface area contributed by atoms with E-state index in [-0.39, 0.29) is 5.75 Å². The number of benzene rings is 1. The molecule has 0 bridgehead atoms. The summed E-state index contributed by atoms with van der Waals surface area (Å²) in [6, 6.07) is 6.43. The number of phenols is 1. The molecule has 1 aromatic heterocycles. The second-order valence-electron chi connectivity index (χ2n) is 3.23. The van der Waals surface area contributed by atoms with E-state index in [4.69, 9.17) is 0 Å². The van der Waals surface area contributed by atoms with Gasteiger partial charge in [0.1, 0.15) is 5.75 Å². The first-order valence-electron chi connectivity index (χ1n) is 4.49. The molecule has 0 saturated carbocycles. The number of hydrogen-bond donors (Lipinski definition) is 1. The van der Waals surface area contributed by atoms with Gasteiger partial charge in [-0.15, -0.1) is 0 Å². The molecule has 0 aliphatic carbocycles. The first kappa shape index (κ1) is 9.45. The maximum Gasteiger partial charge on any atom is 0.150 e. The molecule has 0 amide bonds. The van der Waals surface area contributed by atoms with Crippen LogP contribution in [0.25, 0.3) is 11.3 Å². The van der Waals surface area contributed by atoms with Crippen molar-refractivity contribution in [3.05, 3.63) is 36.0 Å². The highest BCUT2D eigenvalue weighted by molar-refractivity contribution is 5.87. The highest BCUT2D eigenvalue weighted by atomic mass is 16.3. The molecule has 1 aromatic carbocycles. The van der Waals surface area contributed by atoms with Gasteiger partial charge in [-0.05, 0) is 24.3 Å². The summed E-state index contributed by atoms with van der Waals surface area (Å²) in [5.74, 6) is 0.136. The van der Waals surface area contributed by atoms with Gasteiger partial charge in [0.15, 0.2) is 6.29 Å². The third-order valence-corrected chi connectivity index (χ3v) is 2.26. The molecule has 0 saturated heterocycles. The maximum atomic E-state index is 10.8. The van der Waals surface area contributed by atoms with Gasteiger partial charge < -0.3 is 5.11 Å². The second kappa shape index (κ2) is 3.57. The summed E-state index contributed by atoms with van der Waals surface area (Å²) < 4.78 is 1.65. The van der Waals surface area contributed by atoms with E-state index in [9.17, 15) is 9.90 Å². The third-order valence-electron chi connectivity index (χ3n) is 2.26. The Bertz CT molecular complexity index is 503. The molecule has 0 aliphatic rings. The first-order valence-corrected chi connectivity index (χ1v) is 4.49. The van der Waals surface area contributed by atoms with E-state index in [1.54, 1.807) is 36.1 Å². The molecule has 0 aliphatic heterocycles. The molecule has 4 heteroatoms. The Morgan fingerprint density at radius 1 is 1.40 bits per heavy atom. The van der Waals surface area contributed by atoms with E-state index >= 15 is 0 Å². The zero-order valence-electron chi connectivity index (χ0n) is 8.21. The Morgan fingerprint density at radius 2 is 2.20 bits per heavy atom. The Morgan fingerprint density at radius 3 is 2.80 bits per heavy atom. The van der Waals surface area contributed by atoms with Gasteiger partial charge in [-0.3, -0.25) is 9.48 Å². The number of carbonyl (C=O) groups is 1. The lowest BCUT2D eigenvalue weighted by atomic mass is 10.1. The molecule has 76 valence electrons. The lowest BCUT2D eigenvalue weighted by molar-refractivity contribution is 0.112. The summed E-state index contributed by atoms with van der Waals surface area (Å²) in [7, 11) is 1.79. The molecule has 15 heavy (non-hydrogen) atoms. The molecular formula is C11H10N2O2. The minimum Gasteiger partial charge on any atom is -0.508 e. The summed E-state index contributed by atoms with van der Waals surface area (Å²) >= 11 is 0. The maximum absolute atomic E-state index is 10.8. The van der Waals surface area contributed by atoms with Crippen LogP contribution < -0.4 is 0 Å². The average molecular weight is 202 g/mol. The van der Waals surface area contributed by atoms with Gasteiger partial charge in [-0.1, -0.05) is 0 Å². The van der Waals surface area contributed by atoms with Gasteiger partial charge in [-0.25, -0.2) is 0 Å². The van der Waals surface area contributed by atoms with Gasteiger partial charge in [0.2, 0.25) is 0 Å². The Balaban J connectivity index is 2.65. The number of rotatable bonds is 2. The van der Waals surface area contributed by atoms with Crippen LogP contribution >= 0.6 is 0 Å². The Labute approximate surface area is 86.8 Å². The highest BCUT2D eigenvalue weighted by Crippen LogP contribution is 2.25. The average Bonchev–Trinajstić information content (AvgIpc) is 2.64. The number of phenolic OH excluding ortho intramolecular Hbond substituents is 1. The van der Waals surface area contributed by atoms with Gasteiger partial charge in [0.05, 0.1) is 5.69 Å².